The molecule has 2 unspecified atom stereocenters. The summed E-state index contributed by atoms with van der Waals surface area (Å²) in [6.07, 6.45) is 2.40. The fourth-order valence-corrected chi connectivity index (χ4v) is 3.02. The van der Waals surface area contributed by atoms with Gasteiger partial charge in [-0.2, -0.15) is 0 Å². The van der Waals surface area contributed by atoms with Crippen LogP contribution >= 0.6 is 0 Å². The molecule has 0 saturated carbocycles. The number of hydrogen-bond acceptors (Lipinski definition) is 3. The van der Waals surface area contributed by atoms with Crippen LogP contribution in [0.4, 0.5) is 4.39 Å². The molecule has 1 aromatic carbocycles. The van der Waals surface area contributed by atoms with Crippen LogP contribution < -0.4 is 5.32 Å². The van der Waals surface area contributed by atoms with Gasteiger partial charge in [0.25, 0.3) is 0 Å². The highest BCUT2D eigenvalue weighted by Crippen LogP contribution is 2.30. The van der Waals surface area contributed by atoms with Gasteiger partial charge in [0.2, 0.25) is 0 Å². The third kappa shape index (κ3) is 3.49. The summed E-state index contributed by atoms with van der Waals surface area (Å²) >= 11 is 0. The molecule has 3 nitrogen and oxygen atoms in total. The summed E-state index contributed by atoms with van der Waals surface area (Å²) in [7, 11) is 0. The predicted octanol–water partition coefficient (Wildman–Crippen LogP) is 3.05. The van der Waals surface area contributed by atoms with Crippen LogP contribution in [0.2, 0.25) is 0 Å². The normalized spacial score (nSPS) is 20.8. The number of nitrogens with one attached hydrogen (secondary N) is 1. The van der Waals surface area contributed by atoms with Crippen molar-refractivity contribution in [2.24, 2.45) is 0 Å². The van der Waals surface area contributed by atoms with E-state index in [2.05, 4.69) is 24.1 Å². The number of phenolic OH excluding ortho intramolecular Hbond substituents is 1. The van der Waals surface area contributed by atoms with Crippen molar-refractivity contribution < 1.29 is 9.50 Å². The molecular formula is C16H25FN2O. The third-order valence-electron chi connectivity index (χ3n) is 4.19. The molecular weight excluding hydrogens is 255 g/mol. The zero-order valence-electron chi connectivity index (χ0n) is 12.6. The maximum atomic E-state index is 13.4. The molecule has 0 amide bonds. The molecule has 2 atom stereocenters. The first-order valence-electron chi connectivity index (χ1n) is 7.46. The van der Waals surface area contributed by atoms with Gasteiger partial charge in [-0.3, -0.25) is 4.90 Å². The van der Waals surface area contributed by atoms with E-state index in [4.69, 9.17) is 0 Å². The summed E-state index contributed by atoms with van der Waals surface area (Å²) in [5.74, 6) is -0.128. The van der Waals surface area contributed by atoms with Crippen LogP contribution in [0.3, 0.4) is 0 Å². The summed E-state index contributed by atoms with van der Waals surface area (Å²) < 4.78 is 13.4. The fraction of sp³-hybridized carbons (Fsp3) is 0.625. The molecule has 0 radical (unpaired) electrons. The largest absolute Gasteiger partial charge is 0.508 e. The minimum Gasteiger partial charge on any atom is -0.508 e. The SMILES string of the molecule is CC(C)N(CC1CCCN1)C(C)c1cc(F)ccc1O. The molecule has 2 N–H and O–H groups in total. The molecule has 0 bridgehead atoms. The first-order chi connectivity index (χ1) is 9.49. The van der Waals surface area contributed by atoms with Crippen LogP contribution in [-0.2, 0) is 0 Å². The standard InChI is InChI=1S/C16H25FN2O/c1-11(2)19(10-14-5-4-8-18-14)12(3)15-9-13(17)6-7-16(15)20/h6-7,9,11-12,14,18,20H,4-5,8,10H2,1-3H3. The first-order valence-corrected chi connectivity index (χ1v) is 7.46. The predicted molar refractivity (Wildman–Crippen MR) is 79.3 cm³/mol. The van der Waals surface area contributed by atoms with Crippen LogP contribution in [0.25, 0.3) is 0 Å². The van der Waals surface area contributed by atoms with Gasteiger partial charge in [0.15, 0.2) is 0 Å². The Balaban J connectivity index is 2.17. The minimum absolute atomic E-state index is 0.00639. The molecule has 1 aliphatic heterocycles. The molecule has 0 aromatic heterocycles. The van der Waals surface area contributed by atoms with Gasteiger partial charge < -0.3 is 10.4 Å². The summed E-state index contributed by atoms with van der Waals surface area (Å²) in [6, 6.07) is 5.01. The van der Waals surface area contributed by atoms with E-state index in [0.29, 0.717) is 17.6 Å². The highest BCUT2D eigenvalue weighted by molar-refractivity contribution is 5.35. The van der Waals surface area contributed by atoms with Crippen molar-refractivity contribution in [2.75, 3.05) is 13.1 Å². The Labute approximate surface area is 120 Å². The molecule has 1 aromatic rings. The first kappa shape index (κ1) is 15.3. The van der Waals surface area contributed by atoms with Gasteiger partial charge in [-0.05, 0) is 58.4 Å². The van der Waals surface area contributed by atoms with Crippen molar-refractivity contribution in [3.05, 3.63) is 29.6 Å². The molecule has 1 heterocycles. The quantitative estimate of drug-likeness (QED) is 0.870. The molecule has 0 aliphatic carbocycles. The number of rotatable bonds is 5. The van der Waals surface area contributed by atoms with Gasteiger partial charge in [-0.25, -0.2) is 4.39 Å². The molecule has 1 fully saturated rings. The van der Waals surface area contributed by atoms with E-state index in [9.17, 15) is 9.50 Å². The zero-order chi connectivity index (χ0) is 14.7. The van der Waals surface area contributed by atoms with Crippen molar-refractivity contribution in [2.45, 2.75) is 51.7 Å². The van der Waals surface area contributed by atoms with E-state index in [1.807, 2.05) is 6.92 Å². The number of hydrogen-bond donors (Lipinski definition) is 2. The topological polar surface area (TPSA) is 35.5 Å². The molecule has 2 rings (SSSR count). The molecule has 20 heavy (non-hydrogen) atoms. The summed E-state index contributed by atoms with van der Waals surface area (Å²) in [5.41, 5.74) is 0.664. The smallest absolute Gasteiger partial charge is 0.123 e. The van der Waals surface area contributed by atoms with E-state index in [-0.39, 0.29) is 17.6 Å². The number of nitrogens with zero attached hydrogens (tertiary/aromatic N) is 1. The second-order valence-corrected chi connectivity index (χ2v) is 5.96. The third-order valence-corrected chi connectivity index (χ3v) is 4.19. The van der Waals surface area contributed by atoms with Crippen LogP contribution in [0.5, 0.6) is 5.75 Å². The molecule has 4 heteroatoms. The fourth-order valence-electron chi connectivity index (χ4n) is 3.02. The molecule has 0 spiro atoms. The Hall–Kier alpha value is -1.13. The lowest BCUT2D eigenvalue weighted by molar-refractivity contribution is 0.147. The summed E-state index contributed by atoms with van der Waals surface area (Å²) in [4.78, 5) is 2.32. The lowest BCUT2D eigenvalue weighted by atomic mass is 10.0. The van der Waals surface area contributed by atoms with Gasteiger partial charge >= 0.3 is 0 Å². The maximum Gasteiger partial charge on any atom is 0.123 e. The van der Waals surface area contributed by atoms with E-state index in [1.165, 1.54) is 31.0 Å². The van der Waals surface area contributed by atoms with Gasteiger partial charge in [-0.1, -0.05) is 0 Å². The highest BCUT2D eigenvalue weighted by Gasteiger charge is 2.25. The average Bonchev–Trinajstić information content (AvgIpc) is 2.90. The summed E-state index contributed by atoms with van der Waals surface area (Å²) in [6.45, 7) is 8.32. The summed E-state index contributed by atoms with van der Waals surface area (Å²) in [5, 5.41) is 13.5. The molecule has 112 valence electrons. The van der Waals surface area contributed by atoms with Crippen molar-refractivity contribution >= 4 is 0 Å². The van der Waals surface area contributed by atoms with Gasteiger partial charge in [0, 0.05) is 30.2 Å². The Morgan fingerprint density at radius 1 is 1.40 bits per heavy atom. The Morgan fingerprint density at radius 2 is 2.15 bits per heavy atom. The van der Waals surface area contributed by atoms with E-state index in [0.717, 1.165) is 13.1 Å². The Bertz CT molecular complexity index is 444. The van der Waals surface area contributed by atoms with Crippen molar-refractivity contribution in [1.29, 1.82) is 0 Å². The average molecular weight is 280 g/mol. The molecule has 1 aliphatic rings. The van der Waals surface area contributed by atoms with Crippen molar-refractivity contribution in [1.82, 2.24) is 10.2 Å². The van der Waals surface area contributed by atoms with Crippen LogP contribution in [0, 0.1) is 5.82 Å². The van der Waals surface area contributed by atoms with Crippen LogP contribution in [-0.4, -0.2) is 35.2 Å². The minimum atomic E-state index is -0.299. The molecule has 1 saturated heterocycles. The van der Waals surface area contributed by atoms with Crippen LogP contribution in [0.1, 0.15) is 45.2 Å². The zero-order valence-corrected chi connectivity index (χ0v) is 12.6. The lowest BCUT2D eigenvalue weighted by Gasteiger charge is -2.35. The van der Waals surface area contributed by atoms with Gasteiger partial charge in [0.1, 0.15) is 11.6 Å². The van der Waals surface area contributed by atoms with Gasteiger partial charge in [-0.15, -0.1) is 0 Å². The monoisotopic (exact) mass is 280 g/mol. The lowest BCUT2D eigenvalue weighted by Crippen LogP contribution is -2.42. The number of halogens is 1. The second-order valence-electron chi connectivity index (χ2n) is 5.96. The maximum absolute atomic E-state index is 13.4. The van der Waals surface area contributed by atoms with Gasteiger partial charge in [0.05, 0.1) is 0 Å². The van der Waals surface area contributed by atoms with Crippen molar-refractivity contribution in [3.8, 4) is 5.75 Å². The van der Waals surface area contributed by atoms with Crippen molar-refractivity contribution in [3.63, 3.8) is 0 Å². The number of benzene rings is 1. The highest BCUT2D eigenvalue weighted by atomic mass is 19.1. The number of phenols is 1. The van der Waals surface area contributed by atoms with E-state index >= 15 is 0 Å². The van der Waals surface area contributed by atoms with E-state index in [1.54, 1.807) is 0 Å². The van der Waals surface area contributed by atoms with E-state index < -0.39 is 0 Å². The number of aromatic hydroxyl groups is 1. The second kappa shape index (κ2) is 6.55. The van der Waals surface area contributed by atoms with Crippen LogP contribution in [0.15, 0.2) is 18.2 Å². The Kier molecular flexibility index (Phi) is 5.00. The Morgan fingerprint density at radius 3 is 2.75 bits per heavy atom.